The number of ether oxygens (including phenoxy) is 1. The Morgan fingerprint density at radius 2 is 1.68 bits per heavy atom. The minimum atomic E-state index is 0.124. The fraction of sp³-hybridized carbons (Fsp3) is 0.579. The lowest BCUT2D eigenvalue weighted by atomic mass is 10.1. The first kappa shape index (κ1) is 19.6. The predicted octanol–water partition coefficient (Wildman–Crippen LogP) is 3.22. The summed E-state index contributed by atoms with van der Waals surface area (Å²) >= 11 is 6.03. The van der Waals surface area contributed by atoms with E-state index < -0.39 is 0 Å². The lowest BCUT2D eigenvalue weighted by molar-refractivity contribution is -0.140. The zero-order chi connectivity index (χ0) is 18.2. The number of hydrogen-bond donors (Lipinski definition) is 0. The van der Waals surface area contributed by atoms with Crippen molar-refractivity contribution in [3.05, 3.63) is 29.3 Å². The van der Waals surface area contributed by atoms with E-state index >= 15 is 0 Å². The number of benzene rings is 1. The van der Waals surface area contributed by atoms with Gasteiger partial charge in [0.2, 0.25) is 11.8 Å². The topological polar surface area (TPSA) is 49.9 Å². The SMILES string of the molecule is CC(C)CC(=O)N1CCN(C(=O)CCCOc2ccccc2Cl)CC1. The normalized spacial score (nSPS) is 14.7. The molecule has 1 heterocycles. The molecule has 1 aromatic carbocycles. The summed E-state index contributed by atoms with van der Waals surface area (Å²) < 4.78 is 5.60. The van der Waals surface area contributed by atoms with Gasteiger partial charge in [0.25, 0.3) is 0 Å². The number of nitrogens with zero attached hydrogens (tertiary/aromatic N) is 2. The van der Waals surface area contributed by atoms with Gasteiger partial charge >= 0.3 is 0 Å². The number of piperazine rings is 1. The molecule has 5 nitrogen and oxygen atoms in total. The first-order valence-electron chi connectivity index (χ1n) is 8.90. The van der Waals surface area contributed by atoms with Crippen LogP contribution >= 0.6 is 11.6 Å². The molecule has 138 valence electrons. The summed E-state index contributed by atoms with van der Waals surface area (Å²) in [6, 6.07) is 7.32. The molecule has 0 aromatic heterocycles. The number of carbonyl (C=O) groups is 2. The van der Waals surface area contributed by atoms with Crippen LogP contribution in [0.3, 0.4) is 0 Å². The van der Waals surface area contributed by atoms with E-state index in [-0.39, 0.29) is 11.8 Å². The summed E-state index contributed by atoms with van der Waals surface area (Å²) in [5, 5.41) is 0.580. The number of amides is 2. The van der Waals surface area contributed by atoms with E-state index in [1.807, 2.05) is 41.8 Å². The fourth-order valence-corrected chi connectivity index (χ4v) is 3.00. The van der Waals surface area contributed by atoms with E-state index in [1.165, 1.54) is 0 Å². The molecule has 1 aromatic rings. The van der Waals surface area contributed by atoms with Crippen LogP contribution in [-0.4, -0.2) is 54.4 Å². The highest BCUT2D eigenvalue weighted by atomic mass is 35.5. The van der Waals surface area contributed by atoms with Gasteiger partial charge in [-0.1, -0.05) is 37.6 Å². The third-order valence-electron chi connectivity index (χ3n) is 4.20. The maximum absolute atomic E-state index is 12.3. The Labute approximate surface area is 154 Å². The summed E-state index contributed by atoms with van der Waals surface area (Å²) in [6.45, 7) is 7.05. The summed E-state index contributed by atoms with van der Waals surface area (Å²) in [5.41, 5.74) is 0. The lowest BCUT2D eigenvalue weighted by Gasteiger charge is -2.35. The Hall–Kier alpha value is -1.75. The van der Waals surface area contributed by atoms with E-state index in [4.69, 9.17) is 16.3 Å². The number of carbonyl (C=O) groups excluding carboxylic acids is 2. The third kappa shape index (κ3) is 6.24. The maximum Gasteiger partial charge on any atom is 0.222 e. The Morgan fingerprint density at radius 1 is 1.08 bits per heavy atom. The van der Waals surface area contributed by atoms with E-state index in [9.17, 15) is 9.59 Å². The highest BCUT2D eigenvalue weighted by molar-refractivity contribution is 6.32. The van der Waals surface area contributed by atoms with Crippen molar-refractivity contribution in [2.24, 2.45) is 5.92 Å². The van der Waals surface area contributed by atoms with E-state index in [2.05, 4.69) is 0 Å². The molecule has 0 unspecified atom stereocenters. The van der Waals surface area contributed by atoms with Crippen molar-refractivity contribution in [3.63, 3.8) is 0 Å². The second-order valence-corrected chi connectivity index (χ2v) is 7.15. The zero-order valence-electron chi connectivity index (χ0n) is 15.0. The van der Waals surface area contributed by atoms with Gasteiger partial charge in [0.15, 0.2) is 0 Å². The average Bonchev–Trinajstić information content (AvgIpc) is 2.59. The van der Waals surface area contributed by atoms with Crippen molar-refractivity contribution in [1.82, 2.24) is 9.80 Å². The van der Waals surface area contributed by atoms with Crippen LogP contribution in [0.5, 0.6) is 5.75 Å². The van der Waals surface area contributed by atoms with Crippen LogP contribution in [0.15, 0.2) is 24.3 Å². The Bertz CT molecular complexity index is 584. The molecule has 0 saturated carbocycles. The molecule has 1 aliphatic rings. The van der Waals surface area contributed by atoms with Gasteiger partial charge in [-0.3, -0.25) is 9.59 Å². The highest BCUT2D eigenvalue weighted by Crippen LogP contribution is 2.23. The summed E-state index contributed by atoms with van der Waals surface area (Å²) in [7, 11) is 0. The average molecular weight is 367 g/mol. The van der Waals surface area contributed by atoms with Gasteiger partial charge in [-0.2, -0.15) is 0 Å². The molecule has 0 atom stereocenters. The number of rotatable bonds is 7. The van der Waals surface area contributed by atoms with Crippen LogP contribution in [-0.2, 0) is 9.59 Å². The lowest BCUT2D eigenvalue weighted by Crippen LogP contribution is -2.50. The first-order chi connectivity index (χ1) is 12.0. The van der Waals surface area contributed by atoms with Crippen LogP contribution in [0.1, 0.15) is 33.1 Å². The molecule has 0 aliphatic carbocycles. The Balaban J connectivity index is 1.65. The van der Waals surface area contributed by atoms with E-state index in [0.717, 1.165) is 0 Å². The van der Waals surface area contributed by atoms with Crippen molar-refractivity contribution >= 4 is 23.4 Å². The van der Waals surface area contributed by atoms with Crippen molar-refractivity contribution < 1.29 is 14.3 Å². The molecule has 1 aliphatic heterocycles. The van der Waals surface area contributed by atoms with Gasteiger partial charge in [0.1, 0.15) is 5.75 Å². The van der Waals surface area contributed by atoms with Crippen LogP contribution in [0.4, 0.5) is 0 Å². The monoisotopic (exact) mass is 366 g/mol. The van der Waals surface area contributed by atoms with Gasteiger partial charge in [-0.25, -0.2) is 0 Å². The summed E-state index contributed by atoms with van der Waals surface area (Å²) in [6.07, 6.45) is 1.67. The van der Waals surface area contributed by atoms with Crippen LogP contribution in [0.2, 0.25) is 5.02 Å². The largest absolute Gasteiger partial charge is 0.492 e. The quantitative estimate of drug-likeness (QED) is 0.696. The first-order valence-corrected chi connectivity index (χ1v) is 9.28. The minimum absolute atomic E-state index is 0.124. The fourth-order valence-electron chi connectivity index (χ4n) is 2.81. The van der Waals surface area contributed by atoms with Crippen molar-refractivity contribution in [2.45, 2.75) is 33.1 Å². The molecule has 1 fully saturated rings. The molecule has 2 rings (SSSR count). The van der Waals surface area contributed by atoms with Gasteiger partial charge in [-0.15, -0.1) is 0 Å². The molecule has 1 saturated heterocycles. The van der Waals surface area contributed by atoms with Gasteiger partial charge in [0, 0.05) is 39.0 Å². The molecule has 25 heavy (non-hydrogen) atoms. The van der Waals surface area contributed by atoms with Crippen molar-refractivity contribution in [3.8, 4) is 5.75 Å². The Morgan fingerprint density at radius 3 is 2.28 bits per heavy atom. The van der Waals surface area contributed by atoms with Gasteiger partial charge < -0.3 is 14.5 Å². The maximum atomic E-state index is 12.3. The Kier molecular flexibility index (Phi) is 7.56. The number of para-hydroxylation sites is 1. The van der Waals surface area contributed by atoms with Crippen LogP contribution < -0.4 is 4.74 Å². The molecule has 6 heteroatoms. The van der Waals surface area contributed by atoms with Crippen molar-refractivity contribution in [2.75, 3.05) is 32.8 Å². The molecule has 0 spiro atoms. The number of hydrogen-bond acceptors (Lipinski definition) is 3. The minimum Gasteiger partial charge on any atom is -0.492 e. The van der Waals surface area contributed by atoms with E-state index in [0.29, 0.717) is 68.7 Å². The molecule has 0 radical (unpaired) electrons. The smallest absolute Gasteiger partial charge is 0.222 e. The van der Waals surface area contributed by atoms with E-state index in [1.54, 1.807) is 6.07 Å². The highest BCUT2D eigenvalue weighted by Gasteiger charge is 2.24. The molecular formula is C19H27ClN2O3. The second-order valence-electron chi connectivity index (χ2n) is 6.74. The number of halogens is 1. The standard InChI is InChI=1S/C19H27ClN2O3/c1-15(2)14-19(24)22-11-9-21(10-12-22)18(23)8-5-13-25-17-7-4-3-6-16(17)20/h3-4,6-7,15H,5,8-14H2,1-2H3. The second kappa shape index (κ2) is 9.66. The van der Waals surface area contributed by atoms with Gasteiger partial charge in [0.05, 0.1) is 11.6 Å². The van der Waals surface area contributed by atoms with Crippen LogP contribution in [0, 0.1) is 5.92 Å². The summed E-state index contributed by atoms with van der Waals surface area (Å²) in [5.74, 6) is 1.33. The zero-order valence-corrected chi connectivity index (χ0v) is 15.8. The van der Waals surface area contributed by atoms with Gasteiger partial charge in [-0.05, 0) is 24.5 Å². The van der Waals surface area contributed by atoms with Crippen molar-refractivity contribution in [1.29, 1.82) is 0 Å². The van der Waals surface area contributed by atoms with Crippen LogP contribution in [0.25, 0.3) is 0 Å². The molecule has 2 amide bonds. The third-order valence-corrected chi connectivity index (χ3v) is 4.51. The summed E-state index contributed by atoms with van der Waals surface area (Å²) in [4.78, 5) is 28.0. The molecule has 0 bridgehead atoms. The molecular weight excluding hydrogens is 340 g/mol. The molecule has 0 N–H and O–H groups in total. The predicted molar refractivity (Wildman–Crippen MR) is 98.8 cm³/mol.